The van der Waals surface area contributed by atoms with Crippen LogP contribution in [0.4, 0.5) is 18.9 Å². The number of benzene rings is 1. The molecule has 0 aliphatic rings. The number of hydrogen-bond donors (Lipinski definition) is 2. The lowest BCUT2D eigenvalue weighted by Crippen LogP contribution is -2.23. The number of nitrogens with one attached hydrogen (secondary N) is 1. The van der Waals surface area contributed by atoms with E-state index in [1.165, 1.54) is 0 Å². The van der Waals surface area contributed by atoms with Crippen molar-refractivity contribution >= 4 is 11.7 Å². The summed E-state index contributed by atoms with van der Waals surface area (Å²) in [6.07, 6.45) is 0.135. The van der Waals surface area contributed by atoms with E-state index in [4.69, 9.17) is 5.11 Å². The molecular formula is C12H14F3NO2. The molecule has 1 rings (SSSR count). The number of aliphatic carboxylic acids is 1. The van der Waals surface area contributed by atoms with Gasteiger partial charge in [-0.15, -0.1) is 0 Å². The quantitative estimate of drug-likeness (QED) is 0.801. The molecule has 1 aromatic rings. The second-order valence-corrected chi connectivity index (χ2v) is 4.01. The summed E-state index contributed by atoms with van der Waals surface area (Å²) in [6, 6.07) is 0.247. The lowest BCUT2D eigenvalue weighted by atomic mass is 10.1. The molecule has 0 bridgehead atoms. The average Bonchev–Trinajstić information content (AvgIpc) is 2.31. The maximum Gasteiger partial charge on any atom is 0.305 e. The summed E-state index contributed by atoms with van der Waals surface area (Å²) in [7, 11) is 0. The van der Waals surface area contributed by atoms with Gasteiger partial charge in [0.25, 0.3) is 0 Å². The fraction of sp³-hybridized carbons (Fsp3) is 0.417. The molecule has 0 heterocycles. The molecule has 0 aliphatic carbocycles. The zero-order valence-electron chi connectivity index (χ0n) is 10.1. The average molecular weight is 261 g/mol. The molecule has 100 valence electrons. The van der Waals surface area contributed by atoms with Crippen molar-refractivity contribution in [2.24, 2.45) is 0 Å². The van der Waals surface area contributed by atoms with Gasteiger partial charge in [-0.05, 0) is 13.3 Å². The highest BCUT2D eigenvalue weighted by molar-refractivity contribution is 5.68. The monoisotopic (exact) mass is 261 g/mol. The van der Waals surface area contributed by atoms with Crippen molar-refractivity contribution in [1.29, 1.82) is 0 Å². The predicted molar refractivity (Wildman–Crippen MR) is 61.0 cm³/mol. The van der Waals surface area contributed by atoms with E-state index in [0.717, 1.165) is 13.0 Å². The molecule has 18 heavy (non-hydrogen) atoms. The van der Waals surface area contributed by atoms with Gasteiger partial charge >= 0.3 is 5.97 Å². The van der Waals surface area contributed by atoms with Gasteiger partial charge in [0.1, 0.15) is 5.82 Å². The molecule has 2 N–H and O–H groups in total. The highest BCUT2D eigenvalue weighted by atomic mass is 19.2. The van der Waals surface area contributed by atoms with Crippen LogP contribution in [0, 0.1) is 24.4 Å². The molecule has 6 heteroatoms. The van der Waals surface area contributed by atoms with E-state index < -0.39 is 35.0 Å². The minimum atomic E-state index is -1.26. The Morgan fingerprint density at radius 1 is 1.39 bits per heavy atom. The van der Waals surface area contributed by atoms with Crippen molar-refractivity contribution in [3.63, 3.8) is 0 Å². The molecule has 1 atom stereocenters. The third-order valence-corrected chi connectivity index (χ3v) is 2.66. The fourth-order valence-electron chi connectivity index (χ4n) is 1.52. The number of carbonyl (C=O) groups is 1. The topological polar surface area (TPSA) is 49.3 Å². The molecular weight excluding hydrogens is 247 g/mol. The Morgan fingerprint density at radius 2 is 2.00 bits per heavy atom. The molecule has 0 aromatic heterocycles. The summed E-state index contributed by atoms with van der Waals surface area (Å²) in [5.41, 5.74) is -0.756. The SMILES string of the molecule is CC[C@H](CC(=O)O)Nc1cc(F)c(C)c(F)c1F. The van der Waals surface area contributed by atoms with Crippen LogP contribution in [0.15, 0.2) is 6.07 Å². The number of carboxylic acids is 1. The number of halogens is 3. The number of rotatable bonds is 5. The second-order valence-electron chi connectivity index (χ2n) is 4.01. The Morgan fingerprint density at radius 3 is 2.50 bits per heavy atom. The first-order valence-corrected chi connectivity index (χ1v) is 5.49. The van der Waals surface area contributed by atoms with E-state index in [1.807, 2.05) is 0 Å². The van der Waals surface area contributed by atoms with Crippen LogP contribution < -0.4 is 5.32 Å². The van der Waals surface area contributed by atoms with Gasteiger partial charge in [-0.25, -0.2) is 13.2 Å². The van der Waals surface area contributed by atoms with Gasteiger partial charge in [0.15, 0.2) is 11.6 Å². The van der Waals surface area contributed by atoms with Crippen LogP contribution in [0.3, 0.4) is 0 Å². The summed E-state index contributed by atoms with van der Waals surface area (Å²) >= 11 is 0. The van der Waals surface area contributed by atoms with E-state index >= 15 is 0 Å². The molecule has 0 unspecified atom stereocenters. The van der Waals surface area contributed by atoms with Gasteiger partial charge in [0, 0.05) is 17.7 Å². The minimum absolute atomic E-state index is 0.257. The van der Waals surface area contributed by atoms with Gasteiger partial charge < -0.3 is 10.4 Å². The van der Waals surface area contributed by atoms with Crippen LogP contribution in [-0.4, -0.2) is 17.1 Å². The van der Waals surface area contributed by atoms with E-state index in [2.05, 4.69) is 5.32 Å². The van der Waals surface area contributed by atoms with Crippen LogP contribution in [0.2, 0.25) is 0 Å². The molecule has 0 spiro atoms. The Hall–Kier alpha value is -1.72. The van der Waals surface area contributed by atoms with Gasteiger partial charge in [-0.2, -0.15) is 0 Å². The summed E-state index contributed by atoms with van der Waals surface area (Å²) in [5.74, 6) is -4.40. The van der Waals surface area contributed by atoms with Gasteiger partial charge in [0.2, 0.25) is 0 Å². The predicted octanol–water partition coefficient (Wildman–Crippen LogP) is 3.08. The summed E-state index contributed by atoms with van der Waals surface area (Å²) in [5, 5.41) is 11.1. The molecule has 1 aromatic carbocycles. The molecule has 0 aliphatic heterocycles. The fourth-order valence-corrected chi connectivity index (χ4v) is 1.52. The number of anilines is 1. The van der Waals surface area contributed by atoms with E-state index in [0.29, 0.717) is 6.42 Å². The first kappa shape index (κ1) is 14.3. The molecule has 0 saturated heterocycles. The van der Waals surface area contributed by atoms with E-state index in [1.54, 1.807) is 6.92 Å². The summed E-state index contributed by atoms with van der Waals surface area (Å²) in [6.45, 7) is 2.82. The van der Waals surface area contributed by atoms with Gasteiger partial charge in [-0.1, -0.05) is 6.92 Å². The highest BCUT2D eigenvalue weighted by Gasteiger charge is 2.19. The maximum absolute atomic E-state index is 13.5. The van der Waals surface area contributed by atoms with Crippen LogP contribution in [0.1, 0.15) is 25.3 Å². The lowest BCUT2D eigenvalue weighted by molar-refractivity contribution is -0.137. The Bertz CT molecular complexity index is 463. The smallest absolute Gasteiger partial charge is 0.305 e. The Kier molecular flexibility index (Phi) is 4.58. The molecule has 3 nitrogen and oxygen atoms in total. The first-order valence-electron chi connectivity index (χ1n) is 5.49. The minimum Gasteiger partial charge on any atom is -0.481 e. The normalized spacial score (nSPS) is 12.3. The second kappa shape index (κ2) is 5.75. The van der Waals surface area contributed by atoms with Crippen LogP contribution in [0.5, 0.6) is 0 Å². The van der Waals surface area contributed by atoms with Crippen molar-refractivity contribution in [1.82, 2.24) is 0 Å². The van der Waals surface area contributed by atoms with Crippen LogP contribution >= 0.6 is 0 Å². The number of carboxylic acid groups (broad SMARTS) is 1. The third kappa shape index (κ3) is 3.15. The van der Waals surface area contributed by atoms with Gasteiger partial charge in [0.05, 0.1) is 12.1 Å². The van der Waals surface area contributed by atoms with Crippen molar-refractivity contribution in [3.05, 3.63) is 29.1 Å². The molecule has 0 amide bonds. The molecule has 0 saturated carbocycles. The van der Waals surface area contributed by atoms with Crippen molar-refractivity contribution in [2.75, 3.05) is 5.32 Å². The molecule has 0 radical (unpaired) electrons. The maximum atomic E-state index is 13.5. The van der Waals surface area contributed by atoms with E-state index in [9.17, 15) is 18.0 Å². The van der Waals surface area contributed by atoms with Crippen LogP contribution in [-0.2, 0) is 4.79 Å². The zero-order valence-corrected chi connectivity index (χ0v) is 10.1. The van der Waals surface area contributed by atoms with Crippen LogP contribution in [0.25, 0.3) is 0 Å². The van der Waals surface area contributed by atoms with Crippen molar-refractivity contribution in [3.8, 4) is 0 Å². The molecule has 0 fully saturated rings. The Labute approximate surface area is 103 Å². The third-order valence-electron chi connectivity index (χ3n) is 2.66. The van der Waals surface area contributed by atoms with E-state index in [-0.39, 0.29) is 12.1 Å². The standard InChI is InChI=1S/C12H14F3NO2/c1-3-7(4-10(17)18)16-9-5-8(13)6(2)11(14)12(9)15/h5,7,16H,3-4H2,1-2H3,(H,17,18)/t7-/m1/s1. The Balaban J connectivity index is 3.00. The zero-order chi connectivity index (χ0) is 13.9. The van der Waals surface area contributed by atoms with Crippen molar-refractivity contribution in [2.45, 2.75) is 32.7 Å². The number of hydrogen-bond acceptors (Lipinski definition) is 2. The van der Waals surface area contributed by atoms with Gasteiger partial charge in [-0.3, -0.25) is 4.79 Å². The first-order chi connectivity index (χ1) is 8.36. The summed E-state index contributed by atoms with van der Waals surface area (Å²) in [4.78, 5) is 10.5. The summed E-state index contributed by atoms with van der Waals surface area (Å²) < 4.78 is 40.1. The lowest BCUT2D eigenvalue weighted by Gasteiger charge is -2.17. The largest absolute Gasteiger partial charge is 0.481 e. The van der Waals surface area contributed by atoms with Crippen molar-refractivity contribution < 1.29 is 23.1 Å². The highest BCUT2D eigenvalue weighted by Crippen LogP contribution is 2.24.